The van der Waals surface area contributed by atoms with Crippen molar-refractivity contribution in [1.29, 1.82) is 0 Å². The van der Waals surface area contributed by atoms with E-state index in [0.717, 1.165) is 57.3 Å². The number of rotatable bonds is 4. The highest BCUT2D eigenvalue weighted by atomic mass is 19.2. The second-order valence-electron chi connectivity index (χ2n) is 9.07. The van der Waals surface area contributed by atoms with E-state index >= 15 is 0 Å². The van der Waals surface area contributed by atoms with Crippen molar-refractivity contribution in [3.05, 3.63) is 59.2 Å². The van der Waals surface area contributed by atoms with Gasteiger partial charge in [0.05, 0.1) is 6.54 Å². The van der Waals surface area contributed by atoms with Crippen molar-refractivity contribution < 1.29 is 13.6 Å². The normalized spacial score (nSPS) is 20.4. The largest absolute Gasteiger partial charge is 0.339 e. The summed E-state index contributed by atoms with van der Waals surface area (Å²) in [5.41, 5.74) is 4.01. The maximum Gasteiger partial charge on any atom is 0.236 e. The van der Waals surface area contributed by atoms with Crippen LogP contribution in [0.5, 0.6) is 0 Å². The zero-order chi connectivity index (χ0) is 21.4. The average molecular weight is 426 g/mol. The minimum atomic E-state index is -0.827. The van der Waals surface area contributed by atoms with Crippen LogP contribution in [-0.4, -0.2) is 65.9 Å². The fourth-order valence-electron chi connectivity index (χ4n) is 4.98. The lowest BCUT2D eigenvalue weighted by atomic mass is 9.91. The molecule has 1 saturated carbocycles. The lowest BCUT2D eigenvalue weighted by Crippen LogP contribution is -2.55. The maximum absolute atomic E-state index is 13.6. The summed E-state index contributed by atoms with van der Waals surface area (Å²) in [6.07, 6.45) is 4.84. The van der Waals surface area contributed by atoms with Crippen molar-refractivity contribution in [1.82, 2.24) is 14.7 Å². The van der Waals surface area contributed by atoms with Crippen LogP contribution >= 0.6 is 0 Å². The highest BCUT2D eigenvalue weighted by Crippen LogP contribution is 2.28. The number of benzene rings is 2. The standard InChI is InChI=1S/C25H29F2N3O/c26-23-7-6-19(15-24(23)27)18-4-5-21-16-28(9-8-20(21)14-18)17-25(31)30-12-10-29(11-13-30)22-2-1-3-22/h4-7,14-15,22H,1-3,8-13,16-17H2. The number of nitrogens with zero attached hydrogens (tertiary/aromatic N) is 3. The Labute approximate surface area is 182 Å². The number of halogens is 2. The van der Waals surface area contributed by atoms with Gasteiger partial charge >= 0.3 is 0 Å². The molecule has 2 heterocycles. The molecule has 1 amide bonds. The number of fused-ring (bicyclic) bond motifs is 1. The summed E-state index contributed by atoms with van der Waals surface area (Å²) in [5, 5.41) is 0. The van der Waals surface area contributed by atoms with E-state index in [-0.39, 0.29) is 5.91 Å². The van der Waals surface area contributed by atoms with Gasteiger partial charge in [0.1, 0.15) is 0 Å². The molecule has 6 heteroatoms. The fourth-order valence-corrected chi connectivity index (χ4v) is 4.98. The van der Waals surface area contributed by atoms with Gasteiger partial charge in [-0.1, -0.05) is 30.7 Å². The molecule has 0 unspecified atom stereocenters. The summed E-state index contributed by atoms with van der Waals surface area (Å²) in [7, 11) is 0. The quantitative estimate of drug-likeness (QED) is 0.748. The number of carbonyl (C=O) groups excluding carboxylic acids is 1. The van der Waals surface area contributed by atoms with Gasteiger partial charge in [-0.3, -0.25) is 14.6 Å². The van der Waals surface area contributed by atoms with Gasteiger partial charge in [-0.15, -0.1) is 0 Å². The van der Waals surface area contributed by atoms with E-state index in [0.29, 0.717) is 12.1 Å². The number of piperazine rings is 1. The molecule has 2 aromatic carbocycles. The average Bonchev–Trinajstić information content (AvgIpc) is 2.74. The Kier molecular flexibility index (Phi) is 5.76. The first-order valence-electron chi connectivity index (χ1n) is 11.4. The third-order valence-electron chi connectivity index (χ3n) is 7.17. The minimum absolute atomic E-state index is 0.232. The molecule has 0 N–H and O–H groups in total. The van der Waals surface area contributed by atoms with Crippen molar-refractivity contribution in [2.45, 2.75) is 38.3 Å². The van der Waals surface area contributed by atoms with E-state index in [1.54, 1.807) is 6.07 Å². The molecular formula is C25H29F2N3O. The van der Waals surface area contributed by atoms with Crippen LogP contribution < -0.4 is 0 Å². The third kappa shape index (κ3) is 4.37. The molecule has 0 atom stereocenters. The van der Waals surface area contributed by atoms with E-state index in [1.165, 1.54) is 42.5 Å². The predicted octanol–water partition coefficient (Wildman–Crippen LogP) is 3.69. The Morgan fingerprint density at radius 1 is 0.871 bits per heavy atom. The van der Waals surface area contributed by atoms with Gasteiger partial charge in [-0.25, -0.2) is 8.78 Å². The molecule has 2 aliphatic heterocycles. The first-order chi connectivity index (χ1) is 15.1. The van der Waals surface area contributed by atoms with E-state index in [1.807, 2.05) is 11.0 Å². The van der Waals surface area contributed by atoms with Crippen LogP contribution in [0.15, 0.2) is 36.4 Å². The van der Waals surface area contributed by atoms with Crippen LogP contribution in [0.25, 0.3) is 11.1 Å². The van der Waals surface area contributed by atoms with E-state index in [2.05, 4.69) is 21.9 Å². The SMILES string of the molecule is O=C(CN1CCc2cc(-c3ccc(F)c(F)c3)ccc2C1)N1CCN(C2CCC2)CC1. The Morgan fingerprint density at radius 2 is 1.61 bits per heavy atom. The van der Waals surface area contributed by atoms with Crippen molar-refractivity contribution >= 4 is 5.91 Å². The first kappa shape index (κ1) is 20.6. The van der Waals surface area contributed by atoms with Gasteiger partial charge in [-0.2, -0.15) is 0 Å². The van der Waals surface area contributed by atoms with Crippen molar-refractivity contribution in [3.63, 3.8) is 0 Å². The zero-order valence-corrected chi connectivity index (χ0v) is 17.8. The fraction of sp³-hybridized carbons (Fsp3) is 0.480. The second-order valence-corrected chi connectivity index (χ2v) is 9.07. The Balaban J connectivity index is 1.18. The molecule has 4 nitrogen and oxygen atoms in total. The maximum atomic E-state index is 13.6. The minimum Gasteiger partial charge on any atom is -0.339 e. The van der Waals surface area contributed by atoms with Gasteiger partial charge in [0.25, 0.3) is 0 Å². The lowest BCUT2D eigenvalue weighted by Gasteiger charge is -2.43. The molecule has 1 saturated heterocycles. The van der Waals surface area contributed by atoms with Crippen LogP contribution in [-0.2, 0) is 17.8 Å². The summed E-state index contributed by atoms with van der Waals surface area (Å²) >= 11 is 0. The van der Waals surface area contributed by atoms with Crippen molar-refractivity contribution in [2.24, 2.45) is 0 Å². The molecule has 2 fully saturated rings. The zero-order valence-electron chi connectivity index (χ0n) is 17.8. The van der Waals surface area contributed by atoms with E-state index in [4.69, 9.17) is 0 Å². The van der Waals surface area contributed by atoms with Crippen molar-refractivity contribution in [3.8, 4) is 11.1 Å². The Bertz CT molecular complexity index is 967. The lowest BCUT2D eigenvalue weighted by molar-refractivity contribution is -0.135. The third-order valence-corrected chi connectivity index (χ3v) is 7.17. The van der Waals surface area contributed by atoms with Crippen LogP contribution in [0.4, 0.5) is 8.78 Å². The first-order valence-corrected chi connectivity index (χ1v) is 11.4. The van der Waals surface area contributed by atoms with Gasteiger partial charge in [0, 0.05) is 45.3 Å². The number of carbonyl (C=O) groups is 1. The topological polar surface area (TPSA) is 26.8 Å². The van der Waals surface area contributed by atoms with E-state index < -0.39 is 11.6 Å². The molecule has 0 bridgehead atoms. The number of hydrogen-bond acceptors (Lipinski definition) is 3. The molecule has 164 valence electrons. The molecule has 0 radical (unpaired) electrons. The molecule has 3 aliphatic rings. The van der Waals surface area contributed by atoms with Crippen LogP contribution in [0.3, 0.4) is 0 Å². The number of amides is 1. The second kappa shape index (κ2) is 8.67. The smallest absolute Gasteiger partial charge is 0.236 e. The highest BCUT2D eigenvalue weighted by Gasteiger charge is 2.30. The highest BCUT2D eigenvalue weighted by molar-refractivity contribution is 5.78. The Morgan fingerprint density at radius 3 is 2.32 bits per heavy atom. The summed E-state index contributed by atoms with van der Waals surface area (Å²) in [6, 6.07) is 10.9. The molecule has 31 heavy (non-hydrogen) atoms. The van der Waals surface area contributed by atoms with Crippen LogP contribution in [0, 0.1) is 11.6 Å². The number of hydrogen-bond donors (Lipinski definition) is 0. The summed E-state index contributed by atoms with van der Waals surface area (Å²) < 4.78 is 26.8. The van der Waals surface area contributed by atoms with Crippen LogP contribution in [0.2, 0.25) is 0 Å². The summed E-state index contributed by atoms with van der Waals surface area (Å²) in [4.78, 5) is 19.6. The molecular weight excluding hydrogens is 396 g/mol. The molecule has 5 rings (SSSR count). The van der Waals surface area contributed by atoms with Gasteiger partial charge in [0.15, 0.2) is 11.6 Å². The van der Waals surface area contributed by atoms with Gasteiger partial charge in [0.2, 0.25) is 5.91 Å². The van der Waals surface area contributed by atoms with Crippen LogP contribution in [0.1, 0.15) is 30.4 Å². The summed E-state index contributed by atoms with van der Waals surface area (Å²) in [5.74, 6) is -1.42. The Hall–Kier alpha value is -2.31. The molecule has 2 aromatic rings. The van der Waals surface area contributed by atoms with Gasteiger partial charge in [-0.05, 0) is 53.6 Å². The van der Waals surface area contributed by atoms with Gasteiger partial charge < -0.3 is 4.90 Å². The summed E-state index contributed by atoms with van der Waals surface area (Å²) in [6.45, 7) is 5.75. The predicted molar refractivity (Wildman–Crippen MR) is 117 cm³/mol. The monoisotopic (exact) mass is 425 g/mol. The van der Waals surface area contributed by atoms with Crippen molar-refractivity contribution in [2.75, 3.05) is 39.3 Å². The molecule has 1 aliphatic carbocycles. The van der Waals surface area contributed by atoms with E-state index in [9.17, 15) is 13.6 Å². The molecule has 0 spiro atoms. The molecule has 0 aromatic heterocycles.